The van der Waals surface area contributed by atoms with Crippen LogP contribution in [0.3, 0.4) is 0 Å². The third-order valence-electron chi connectivity index (χ3n) is 15.2. The minimum Gasteiger partial charge on any atom is -0.425 e. The number of Topliss-reactive ketones (excluding diaryl/α,β-unsaturated/α-hetero) is 1. The van der Waals surface area contributed by atoms with Gasteiger partial charge in [0, 0.05) is 30.8 Å². The first-order valence-corrected chi connectivity index (χ1v) is 16.7. The molecule has 0 spiro atoms. The molecule has 0 aromatic carbocycles. The summed E-state index contributed by atoms with van der Waals surface area (Å²) >= 11 is 0. The van der Waals surface area contributed by atoms with Crippen LogP contribution < -0.4 is 5.73 Å². The number of allylic oxidation sites excluding steroid dienone is 2. The van der Waals surface area contributed by atoms with E-state index >= 15 is 0 Å². The highest BCUT2D eigenvalue weighted by Gasteiger charge is 2.72. The number of fused-ring (bicyclic) bond motifs is 7. The highest BCUT2D eigenvalue weighted by Crippen LogP contribution is 2.76. The summed E-state index contributed by atoms with van der Waals surface area (Å²) in [4.78, 5) is 53.2. The van der Waals surface area contributed by atoms with Gasteiger partial charge in [-0.25, -0.2) is 0 Å². The number of carbonyl (C=O) groups excluding carboxylic acids is 4. The highest BCUT2D eigenvalue weighted by molar-refractivity contribution is 5.96. The monoisotopic (exact) mass is 595 g/mol. The number of esters is 1. The van der Waals surface area contributed by atoms with Crippen molar-refractivity contribution < 1.29 is 28.7 Å². The molecule has 10 atom stereocenters. The van der Waals surface area contributed by atoms with Gasteiger partial charge in [-0.1, -0.05) is 54.0 Å². The maximum absolute atomic E-state index is 14.7. The summed E-state index contributed by atoms with van der Waals surface area (Å²) in [5.74, 6) is -2.18. The van der Waals surface area contributed by atoms with Crippen LogP contribution in [0.25, 0.3) is 0 Å². The minimum atomic E-state index is -1.56. The van der Waals surface area contributed by atoms with E-state index in [1.165, 1.54) is 12.7 Å². The Bertz CT molecular complexity index is 1320. The molecule has 5 aliphatic carbocycles. The summed E-state index contributed by atoms with van der Waals surface area (Å²) in [5.41, 5.74) is 5.70. The average Bonchev–Trinajstić information content (AvgIpc) is 2.92. The smallest absolute Gasteiger partial charge is 0.309 e. The Morgan fingerprint density at radius 3 is 2.19 bits per heavy atom. The second kappa shape index (κ2) is 9.26. The van der Waals surface area contributed by atoms with E-state index in [0.717, 1.165) is 51.4 Å². The van der Waals surface area contributed by atoms with Crippen molar-refractivity contribution in [3.63, 3.8) is 0 Å². The SMILES string of the molecule is COC1(C2CC[C@@]3(C)C(CC[C@]4(C)C3C(=O)C=C3[C@H]5CC(C)(C(N)=O)CC[C@]5(C)CC[C@]34C)C2(C)C)OC(=O)CCC1=O. The van der Waals surface area contributed by atoms with Crippen LogP contribution >= 0.6 is 0 Å². The van der Waals surface area contributed by atoms with Crippen molar-refractivity contribution in [2.45, 2.75) is 125 Å². The quantitative estimate of drug-likeness (QED) is 0.382. The molecular formula is C36H53NO6. The Balaban J connectivity index is 1.40. The van der Waals surface area contributed by atoms with Crippen LogP contribution in [-0.4, -0.2) is 36.3 Å². The molecule has 6 rings (SSSR count). The third kappa shape index (κ3) is 3.81. The summed E-state index contributed by atoms with van der Waals surface area (Å²) in [7, 11) is 1.49. The van der Waals surface area contributed by atoms with Crippen LogP contribution in [0.1, 0.15) is 119 Å². The van der Waals surface area contributed by atoms with Crippen molar-refractivity contribution in [2.24, 2.45) is 61.9 Å². The van der Waals surface area contributed by atoms with Crippen LogP contribution in [0, 0.1) is 56.2 Å². The third-order valence-corrected chi connectivity index (χ3v) is 15.2. The lowest BCUT2D eigenvalue weighted by Crippen LogP contribution is -2.68. The zero-order chi connectivity index (χ0) is 31.6. The molecule has 1 aliphatic heterocycles. The zero-order valence-electron chi connectivity index (χ0n) is 27.7. The van der Waals surface area contributed by atoms with Crippen molar-refractivity contribution in [3.05, 3.63) is 11.6 Å². The Labute approximate surface area is 257 Å². The van der Waals surface area contributed by atoms with E-state index in [1.807, 2.05) is 13.0 Å². The van der Waals surface area contributed by atoms with E-state index in [0.29, 0.717) is 6.42 Å². The molecule has 5 unspecified atom stereocenters. The summed E-state index contributed by atoms with van der Waals surface area (Å²) in [6.07, 6.45) is 10.2. The second-order valence-electron chi connectivity index (χ2n) is 17.3. The van der Waals surface area contributed by atoms with Gasteiger partial charge in [-0.15, -0.1) is 0 Å². The number of ketones is 2. The molecule has 6 aliphatic rings. The van der Waals surface area contributed by atoms with Crippen LogP contribution in [0.2, 0.25) is 0 Å². The molecule has 0 radical (unpaired) electrons. The first-order chi connectivity index (χ1) is 19.8. The number of hydrogen-bond donors (Lipinski definition) is 1. The fraction of sp³-hybridized carbons (Fsp3) is 0.833. The van der Waals surface area contributed by atoms with Gasteiger partial charge in [0.2, 0.25) is 11.7 Å². The first-order valence-electron chi connectivity index (χ1n) is 16.7. The number of amides is 1. The largest absolute Gasteiger partial charge is 0.425 e. The van der Waals surface area contributed by atoms with Crippen molar-refractivity contribution >= 4 is 23.4 Å². The lowest BCUT2D eigenvalue weighted by atomic mass is 9.33. The molecule has 1 amide bonds. The number of ether oxygens (including phenoxy) is 2. The number of rotatable bonds is 3. The number of carbonyl (C=O) groups is 4. The van der Waals surface area contributed by atoms with Gasteiger partial charge in [-0.3, -0.25) is 19.2 Å². The standard InChI is InChI=1S/C36H53NO6/c1-30(2)24-12-14-35(7)28(33(24,5)13-11-25(30)36(42-8)26(39)9-10-27(40)43-36)23(38)19-21-22-20-32(4,29(37)41)16-15-31(22,3)17-18-34(21,35)6/h19,22,24-25,28H,9-18,20H2,1-8H3,(H2,37,41)/t22-,24?,25?,28?,31-,32?,33+,34-,35-,36?/m1/s1. The van der Waals surface area contributed by atoms with Crippen LogP contribution in [-0.2, 0) is 28.7 Å². The van der Waals surface area contributed by atoms with Crippen molar-refractivity contribution in [2.75, 3.05) is 7.11 Å². The van der Waals surface area contributed by atoms with Crippen molar-refractivity contribution in [3.8, 4) is 0 Å². The Hall–Kier alpha value is -2.02. The topological polar surface area (TPSA) is 113 Å². The predicted molar refractivity (Wildman–Crippen MR) is 162 cm³/mol. The Kier molecular flexibility index (Phi) is 6.67. The van der Waals surface area contributed by atoms with Gasteiger partial charge in [0.15, 0.2) is 5.78 Å². The number of cyclic esters (lactones) is 1. The molecule has 7 heteroatoms. The summed E-state index contributed by atoms with van der Waals surface area (Å²) < 4.78 is 11.7. The molecule has 2 N–H and O–H groups in total. The highest BCUT2D eigenvalue weighted by atomic mass is 16.7. The van der Waals surface area contributed by atoms with Crippen molar-refractivity contribution in [1.29, 1.82) is 0 Å². The maximum Gasteiger partial charge on any atom is 0.309 e. The molecule has 43 heavy (non-hydrogen) atoms. The second-order valence-corrected chi connectivity index (χ2v) is 17.3. The predicted octanol–water partition coefficient (Wildman–Crippen LogP) is 6.32. The summed E-state index contributed by atoms with van der Waals surface area (Å²) in [5, 5.41) is 0. The number of hydrogen-bond acceptors (Lipinski definition) is 6. The average molecular weight is 596 g/mol. The molecule has 0 bridgehead atoms. The molecule has 7 nitrogen and oxygen atoms in total. The number of nitrogens with two attached hydrogens (primary N) is 1. The van der Waals surface area contributed by atoms with E-state index in [4.69, 9.17) is 15.2 Å². The van der Waals surface area contributed by atoms with Gasteiger partial charge in [-0.2, -0.15) is 0 Å². The zero-order valence-corrected chi connectivity index (χ0v) is 27.7. The summed E-state index contributed by atoms with van der Waals surface area (Å²) in [6.45, 7) is 15.9. The van der Waals surface area contributed by atoms with E-state index in [-0.39, 0.29) is 81.6 Å². The molecule has 5 fully saturated rings. The van der Waals surface area contributed by atoms with E-state index < -0.39 is 16.6 Å². The van der Waals surface area contributed by atoms with Gasteiger partial charge >= 0.3 is 5.97 Å². The molecule has 1 saturated heterocycles. The molecule has 238 valence electrons. The lowest BCUT2D eigenvalue weighted by molar-refractivity contribution is -0.280. The number of methoxy groups -OCH3 is 1. The Morgan fingerprint density at radius 1 is 0.884 bits per heavy atom. The fourth-order valence-corrected chi connectivity index (χ4v) is 12.3. The van der Waals surface area contributed by atoms with Gasteiger partial charge in [-0.05, 0) is 103 Å². The van der Waals surface area contributed by atoms with Gasteiger partial charge in [0.25, 0.3) is 5.79 Å². The molecule has 4 saturated carbocycles. The van der Waals surface area contributed by atoms with Crippen molar-refractivity contribution in [1.82, 2.24) is 0 Å². The first kappa shape index (κ1) is 31.0. The Morgan fingerprint density at radius 2 is 1.53 bits per heavy atom. The summed E-state index contributed by atoms with van der Waals surface area (Å²) in [6, 6.07) is 0. The fourth-order valence-electron chi connectivity index (χ4n) is 12.3. The molecule has 0 aromatic heterocycles. The minimum absolute atomic E-state index is 0.0728. The maximum atomic E-state index is 14.7. The van der Waals surface area contributed by atoms with Crippen LogP contribution in [0.5, 0.6) is 0 Å². The van der Waals surface area contributed by atoms with Gasteiger partial charge in [0.05, 0.1) is 6.42 Å². The normalized spacial score (nSPS) is 50.8. The van der Waals surface area contributed by atoms with Crippen LogP contribution in [0.15, 0.2) is 11.6 Å². The molecular weight excluding hydrogens is 542 g/mol. The lowest BCUT2D eigenvalue weighted by Gasteiger charge is -2.71. The molecule has 1 heterocycles. The van der Waals surface area contributed by atoms with Crippen LogP contribution in [0.4, 0.5) is 0 Å². The van der Waals surface area contributed by atoms with Gasteiger partial charge < -0.3 is 15.2 Å². The molecule has 0 aromatic rings. The van der Waals surface area contributed by atoms with E-state index in [9.17, 15) is 19.2 Å². The van der Waals surface area contributed by atoms with E-state index in [2.05, 4.69) is 41.5 Å². The van der Waals surface area contributed by atoms with Gasteiger partial charge in [0.1, 0.15) is 0 Å². The van der Waals surface area contributed by atoms with E-state index in [1.54, 1.807) is 0 Å². The number of primary amides is 1.